The average Bonchev–Trinajstić information content (AvgIpc) is 2.53. The number of hydrogen-bond donors (Lipinski definition) is 0. The first-order valence-electron chi connectivity index (χ1n) is 7.86. The average molecular weight is 310 g/mol. The fourth-order valence-electron chi connectivity index (χ4n) is 3.75. The van der Waals surface area contributed by atoms with E-state index < -0.39 is 8.07 Å². The zero-order valence-corrected chi connectivity index (χ0v) is 15.2. The van der Waals surface area contributed by atoms with Crippen molar-refractivity contribution in [2.45, 2.75) is 24.7 Å². The van der Waals surface area contributed by atoms with E-state index in [2.05, 4.69) is 105 Å². The molecule has 2 heteroatoms. The van der Waals surface area contributed by atoms with Crippen LogP contribution in [0.1, 0.15) is 12.0 Å². The monoisotopic (exact) mass is 309 g/mol. The van der Waals surface area contributed by atoms with Gasteiger partial charge in [0.1, 0.15) is 8.07 Å². The highest BCUT2D eigenvalue weighted by molar-refractivity contribution is 6.92. The van der Waals surface area contributed by atoms with Crippen LogP contribution in [0, 0.1) is 0 Å². The molecule has 2 aromatic carbocycles. The summed E-state index contributed by atoms with van der Waals surface area (Å²) >= 11 is 0. The lowest BCUT2D eigenvalue weighted by molar-refractivity contribution is 0.239. The third-order valence-electron chi connectivity index (χ3n) is 4.98. The zero-order valence-electron chi connectivity index (χ0n) is 14.2. The second-order valence-electron chi connectivity index (χ2n) is 6.60. The lowest BCUT2D eigenvalue weighted by Gasteiger charge is -2.50. The van der Waals surface area contributed by atoms with Gasteiger partial charge >= 0.3 is 0 Å². The number of benzene rings is 2. The van der Waals surface area contributed by atoms with Gasteiger partial charge in [0.05, 0.1) is 0 Å². The molecular formula is C20H27NSi. The molecule has 0 aromatic heterocycles. The van der Waals surface area contributed by atoms with Gasteiger partial charge in [-0.1, -0.05) is 85.0 Å². The summed E-state index contributed by atoms with van der Waals surface area (Å²) in [5.74, 6) is 0. The molecule has 0 fully saturated rings. The molecule has 0 bridgehead atoms. The fraction of sp³-hybridized carbons (Fsp3) is 0.300. The van der Waals surface area contributed by atoms with E-state index in [1.807, 2.05) is 0 Å². The molecule has 0 N–H and O–H groups in total. The molecule has 0 aliphatic heterocycles. The molecule has 0 aliphatic rings. The summed E-state index contributed by atoms with van der Waals surface area (Å²) in [6.07, 6.45) is 3.03. The summed E-state index contributed by atoms with van der Waals surface area (Å²) in [6.45, 7) is 9.00. The Bertz CT molecular complexity index is 604. The Morgan fingerprint density at radius 3 is 1.91 bits per heavy atom. The summed E-state index contributed by atoms with van der Waals surface area (Å²) < 4.78 is 0. The van der Waals surface area contributed by atoms with Crippen LogP contribution in [-0.2, 0) is 5.16 Å². The minimum atomic E-state index is -1.83. The lowest BCUT2D eigenvalue weighted by atomic mass is 10.0. The van der Waals surface area contributed by atoms with Gasteiger partial charge in [-0.15, -0.1) is 6.58 Å². The summed E-state index contributed by atoms with van der Waals surface area (Å²) in [7, 11) is 2.58. The van der Waals surface area contributed by atoms with Crippen LogP contribution in [0.15, 0.2) is 73.3 Å². The molecule has 0 saturated carbocycles. The van der Waals surface area contributed by atoms with Crippen molar-refractivity contribution in [3.8, 4) is 0 Å². The first-order valence-corrected chi connectivity index (χ1v) is 10.9. The second-order valence-corrected chi connectivity index (χ2v) is 11.3. The normalized spacial score (nSPS) is 14.6. The minimum Gasteiger partial charge on any atom is -0.302 e. The van der Waals surface area contributed by atoms with Crippen molar-refractivity contribution < 1.29 is 0 Å². The van der Waals surface area contributed by atoms with E-state index in [9.17, 15) is 0 Å². The Hall–Kier alpha value is -1.64. The van der Waals surface area contributed by atoms with Crippen molar-refractivity contribution in [2.75, 3.05) is 14.1 Å². The SMILES string of the molecule is C=CCC(c1ccccc1)(N(C)C)[Si](C)(C)c1ccccc1. The van der Waals surface area contributed by atoms with E-state index in [-0.39, 0.29) is 5.16 Å². The van der Waals surface area contributed by atoms with Crippen LogP contribution in [0.2, 0.25) is 13.1 Å². The Morgan fingerprint density at radius 2 is 1.45 bits per heavy atom. The molecule has 0 aliphatic carbocycles. The largest absolute Gasteiger partial charge is 0.302 e. The number of rotatable bonds is 6. The van der Waals surface area contributed by atoms with Crippen molar-refractivity contribution in [2.24, 2.45) is 0 Å². The van der Waals surface area contributed by atoms with Crippen molar-refractivity contribution in [3.63, 3.8) is 0 Å². The van der Waals surface area contributed by atoms with Crippen LogP contribution in [-0.4, -0.2) is 27.1 Å². The molecule has 0 saturated heterocycles. The Labute approximate surface area is 136 Å². The van der Waals surface area contributed by atoms with Gasteiger partial charge in [-0.25, -0.2) is 0 Å². The molecule has 0 spiro atoms. The van der Waals surface area contributed by atoms with Crippen LogP contribution in [0.4, 0.5) is 0 Å². The van der Waals surface area contributed by atoms with Crippen molar-refractivity contribution >= 4 is 13.3 Å². The highest BCUT2D eigenvalue weighted by atomic mass is 28.3. The first-order chi connectivity index (χ1) is 10.5. The fourth-order valence-corrected chi connectivity index (χ4v) is 7.91. The first kappa shape index (κ1) is 16.7. The van der Waals surface area contributed by atoms with Crippen LogP contribution >= 0.6 is 0 Å². The van der Waals surface area contributed by atoms with Gasteiger partial charge in [-0.2, -0.15) is 0 Å². The quantitative estimate of drug-likeness (QED) is 0.572. The topological polar surface area (TPSA) is 3.24 Å². The second kappa shape index (κ2) is 6.63. The van der Waals surface area contributed by atoms with E-state index in [1.54, 1.807) is 0 Å². The molecule has 0 heterocycles. The Morgan fingerprint density at radius 1 is 0.955 bits per heavy atom. The van der Waals surface area contributed by atoms with E-state index in [1.165, 1.54) is 10.8 Å². The van der Waals surface area contributed by atoms with E-state index in [0.29, 0.717) is 0 Å². The van der Waals surface area contributed by atoms with Gasteiger partial charge in [0.25, 0.3) is 0 Å². The Balaban J connectivity index is 2.70. The predicted octanol–water partition coefficient (Wildman–Crippen LogP) is 4.17. The van der Waals surface area contributed by atoms with Gasteiger partial charge in [-0.3, -0.25) is 0 Å². The standard InChI is InChI=1S/C20H27NSi/c1-6-17-20(21(2)3,18-13-9-7-10-14-18)22(4,5)19-15-11-8-12-16-19/h6-16H,1,17H2,2-5H3. The van der Waals surface area contributed by atoms with Crippen LogP contribution in [0.3, 0.4) is 0 Å². The van der Waals surface area contributed by atoms with Crippen LogP contribution in [0.25, 0.3) is 0 Å². The molecule has 1 unspecified atom stereocenters. The third-order valence-corrected chi connectivity index (χ3v) is 9.77. The zero-order chi connectivity index (χ0) is 16.2. The molecule has 1 atom stereocenters. The van der Waals surface area contributed by atoms with Crippen molar-refractivity contribution in [3.05, 3.63) is 78.9 Å². The molecule has 1 nitrogen and oxygen atoms in total. The maximum atomic E-state index is 4.06. The van der Waals surface area contributed by atoms with E-state index in [0.717, 1.165) is 6.42 Å². The molecule has 22 heavy (non-hydrogen) atoms. The Kier molecular flexibility index (Phi) is 5.04. The maximum absolute atomic E-state index is 4.06. The minimum absolute atomic E-state index is 0.00262. The predicted molar refractivity (Wildman–Crippen MR) is 100 cm³/mol. The van der Waals surface area contributed by atoms with Gasteiger partial charge in [0.15, 0.2) is 0 Å². The van der Waals surface area contributed by atoms with Crippen LogP contribution < -0.4 is 5.19 Å². The summed E-state index contributed by atoms with van der Waals surface area (Å²) in [5, 5.41) is 1.48. The van der Waals surface area contributed by atoms with E-state index in [4.69, 9.17) is 0 Å². The van der Waals surface area contributed by atoms with Gasteiger partial charge in [0.2, 0.25) is 0 Å². The lowest BCUT2D eigenvalue weighted by Crippen LogP contribution is -2.66. The summed E-state index contributed by atoms with van der Waals surface area (Å²) in [6, 6.07) is 21.9. The van der Waals surface area contributed by atoms with Gasteiger partial charge < -0.3 is 4.90 Å². The molecule has 0 radical (unpaired) electrons. The molecule has 2 rings (SSSR count). The van der Waals surface area contributed by atoms with Crippen molar-refractivity contribution in [1.29, 1.82) is 0 Å². The summed E-state index contributed by atoms with van der Waals surface area (Å²) in [4.78, 5) is 2.41. The highest BCUT2D eigenvalue weighted by Crippen LogP contribution is 2.39. The molecule has 116 valence electrons. The van der Waals surface area contributed by atoms with E-state index >= 15 is 0 Å². The molecule has 0 amide bonds. The maximum Gasteiger partial charge on any atom is 0.108 e. The third kappa shape index (κ3) is 2.69. The molecular weight excluding hydrogens is 282 g/mol. The van der Waals surface area contributed by atoms with Gasteiger partial charge in [0, 0.05) is 5.16 Å². The van der Waals surface area contributed by atoms with Crippen LogP contribution in [0.5, 0.6) is 0 Å². The smallest absolute Gasteiger partial charge is 0.108 e. The number of hydrogen-bond acceptors (Lipinski definition) is 1. The highest BCUT2D eigenvalue weighted by Gasteiger charge is 2.49. The number of nitrogens with zero attached hydrogens (tertiary/aromatic N) is 1. The summed E-state index contributed by atoms with van der Waals surface area (Å²) in [5.41, 5.74) is 1.39. The molecule has 2 aromatic rings. The van der Waals surface area contributed by atoms with Crippen molar-refractivity contribution in [1.82, 2.24) is 4.90 Å². The van der Waals surface area contributed by atoms with Gasteiger partial charge in [-0.05, 0) is 26.1 Å².